The molecule has 2 nitrogen and oxygen atoms in total. The zero-order valence-corrected chi connectivity index (χ0v) is 10.6. The highest BCUT2D eigenvalue weighted by molar-refractivity contribution is 4.66. The molecule has 0 heterocycles. The molecule has 14 heavy (non-hydrogen) atoms. The third kappa shape index (κ3) is 6.39. The first-order valence-electron chi connectivity index (χ1n) is 6.02. The highest BCUT2D eigenvalue weighted by Gasteiger charge is 2.10. The molecule has 2 unspecified atom stereocenters. The van der Waals surface area contributed by atoms with Crippen LogP contribution < -0.4 is 5.32 Å². The standard InChI is InChI=1S/C12H28N2/c1-6-8-13-9-11(3)10-14(5)12(4)7-2/h11-13H,6-10H2,1-5H3. The molecular weight excluding hydrogens is 172 g/mol. The van der Waals surface area contributed by atoms with Gasteiger partial charge in [-0.3, -0.25) is 0 Å². The Bertz CT molecular complexity index is 125. The summed E-state index contributed by atoms with van der Waals surface area (Å²) >= 11 is 0. The van der Waals surface area contributed by atoms with Crippen LogP contribution in [0.1, 0.15) is 40.5 Å². The van der Waals surface area contributed by atoms with Crippen molar-refractivity contribution >= 4 is 0 Å². The molecule has 0 spiro atoms. The zero-order chi connectivity index (χ0) is 11.0. The molecule has 0 aliphatic rings. The monoisotopic (exact) mass is 200 g/mol. The van der Waals surface area contributed by atoms with E-state index in [0.717, 1.165) is 19.0 Å². The molecule has 0 aliphatic heterocycles. The average molecular weight is 200 g/mol. The van der Waals surface area contributed by atoms with Crippen LogP contribution in [0.15, 0.2) is 0 Å². The summed E-state index contributed by atoms with van der Waals surface area (Å²) in [5.74, 6) is 0.751. The summed E-state index contributed by atoms with van der Waals surface area (Å²) in [5, 5.41) is 3.47. The Hall–Kier alpha value is -0.0800. The van der Waals surface area contributed by atoms with E-state index in [0.29, 0.717) is 6.04 Å². The minimum absolute atomic E-state index is 0.712. The van der Waals surface area contributed by atoms with Crippen LogP contribution in [0.4, 0.5) is 0 Å². The van der Waals surface area contributed by atoms with Crippen LogP contribution in [0, 0.1) is 5.92 Å². The van der Waals surface area contributed by atoms with Crippen molar-refractivity contribution in [1.29, 1.82) is 0 Å². The molecule has 0 radical (unpaired) electrons. The molecule has 0 saturated carbocycles. The van der Waals surface area contributed by atoms with E-state index < -0.39 is 0 Å². The summed E-state index contributed by atoms with van der Waals surface area (Å²) < 4.78 is 0. The second-order valence-electron chi connectivity index (χ2n) is 4.51. The summed E-state index contributed by atoms with van der Waals surface area (Å²) in [4.78, 5) is 2.46. The van der Waals surface area contributed by atoms with Crippen LogP contribution in [-0.2, 0) is 0 Å². The summed E-state index contributed by atoms with van der Waals surface area (Å²) in [6.07, 6.45) is 2.47. The van der Waals surface area contributed by atoms with Gasteiger partial charge in [-0.05, 0) is 45.8 Å². The van der Waals surface area contributed by atoms with Crippen molar-refractivity contribution in [2.45, 2.75) is 46.6 Å². The highest BCUT2D eigenvalue weighted by Crippen LogP contribution is 2.04. The predicted molar refractivity (Wildman–Crippen MR) is 64.7 cm³/mol. The fraction of sp³-hybridized carbons (Fsp3) is 1.00. The van der Waals surface area contributed by atoms with Gasteiger partial charge in [0.05, 0.1) is 0 Å². The van der Waals surface area contributed by atoms with Crippen molar-refractivity contribution in [2.24, 2.45) is 5.92 Å². The minimum atomic E-state index is 0.712. The fourth-order valence-electron chi connectivity index (χ4n) is 1.57. The molecule has 0 aromatic rings. The summed E-state index contributed by atoms with van der Waals surface area (Å²) in [6, 6.07) is 0.712. The first kappa shape index (κ1) is 13.9. The summed E-state index contributed by atoms with van der Waals surface area (Å²) in [6.45, 7) is 12.6. The lowest BCUT2D eigenvalue weighted by Gasteiger charge is -2.26. The Labute approximate surface area is 90.1 Å². The molecule has 1 N–H and O–H groups in total. The molecule has 0 amide bonds. The smallest absolute Gasteiger partial charge is 0.00613 e. The van der Waals surface area contributed by atoms with Crippen molar-refractivity contribution in [3.05, 3.63) is 0 Å². The molecule has 0 rings (SSSR count). The summed E-state index contributed by atoms with van der Waals surface area (Å²) in [7, 11) is 2.23. The Morgan fingerprint density at radius 2 is 1.86 bits per heavy atom. The zero-order valence-electron chi connectivity index (χ0n) is 10.6. The molecule has 0 aliphatic carbocycles. The van der Waals surface area contributed by atoms with Gasteiger partial charge in [0.1, 0.15) is 0 Å². The largest absolute Gasteiger partial charge is 0.316 e. The van der Waals surface area contributed by atoms with Crippen molar-refractivity contribution < 1.29 is 0 Å². The lowest BCUT2D eigenvalue weighted by Crippen LogP contribution is -2.36. The van der Waals surface area contributed by atoms with E-state index >= 15 is 0 Å². The number of rotatable bonds is 8. The van der Waals surface area contributed by atoms with Gasteiger partial charge in [-0.15, -0.1) is 0 Å². The van der Waals surface area contributed by atoms with Crippen molar-refractivity contribution in [3.8, 4) is 0 Å². The topological polar surface area (TPSA) is 15.3 Å². The van der Waals surface area contributed by atoms with Gasteiger partial charge in [0.25, 0.3) is 0 Å². The average Bonchev–Trinajstić information content (AvgIpc) is 2.16. The molecule has 0 bridgehead atoms. The molecule has 0 fully saturated rings. The van der Waals surface area contributed by atoms with Gasteiger partial charge in [-0.2, -0.15) is 0 Å². The highest BCUT2D eigenvalue weighted by atomic mass is 15.1. The van der Waals surface area contributed by atoms with Crippen LogP contribution in [0.2, 0.25) is 0 Å². The minimum Gasteiger partial charge on any atom is -0.316 e. The predicted octanol–water partition coefficient (Wildman–Crippen LogP) is 2.35. The molecular formula is C12H28N2. The molecule has 86 valence electrons. The van der Waals surface area contributed by atoms with Gasteiger partial charge in [-0.1, -0.05) is 20.8 Å². The van der Waals surface area contributed by atoms with Crippen molar-refractivity contribution in [1.82, 2.24) is 10.2 Å². The van der Waals surface area contributed by atoms with Gasteiger partial charge < -0.3 is 10.2 Å². The lowest BCUT2D eigenvalue weighted by atomic mass is 10.1. The van der Waals surface area contributed by atoms with Gasteiger partial charge >= 0.3 is 0 Å². The fourth-order valence-corrected chi connectivity index (χ4v) is 1.57. The second-order valence-corrected chi connectivity index (χ2v) is 4.51. The quantitative estimate of drug-likeness (QED) is 0.605. The van der Waals surface area contributed by atoms with Crippen LogP contribution in [0.25, 0.3) is 0 Å². The first-order valence-corrected chi connectivity index (χ1v) is 6.02. The summed E-state index contributed by atoms with van der Waals surface area (Å²) in [5.41, 5.74) is 0. The maximum Gasteiger partial charge on any atom is 0.00613 e. The van der Waals surface area contributed by atoms with Crippen molar-refractivity contribution in [3.63, 3.8) is 0 Å². The van der Waals surface area contributed by atoms with E-state index in [9.17, 15) is 0 Å². The Balaban J connectivity index is 3.54. The van der Waals surface area contributed by atoms with Gasteiger partial charge in [0.15, 0.2) is 0 Å². The van der Waals surface area contributed by atoms with Crippen molar-refractivity contribution in [2.75, 3.05) is 26.7 Å². The van der Waals surface area contributed by atoms with E-state index in [-0.39, 0.29) is 0 Å². The van der Waals surface area contributed by atoms with E-state index in [1.807, 2.05) is 0 Å². The van der Waals surface area contributed by atoms with Crippen LogP contribution in [-0.4, -0.2) is 37.6 Å². The number of nitrogens with zero attached hydrogens (tertiary/aromatic N) is 1. The maximum atomic E-state index is 3.47. The van der Waals surface area contributed by atoms with Crippen LogP contribution in [0.3, 0.4) is 0 Å². The Kier molecular flexibility index (Phi) is 8.20. The molecule has 2 heteroatoms. The van der Waals surface area contributed by atoms with E-state index in [4.69, 9.17) is 0 Å². The number of hydrogen-bond acceptors (Lipinski definition) is 2. The molecule has 0 aromatic carbocycles. The number of hydrogen-bond donors (Lipinski definition) is 1. The second kappa shape index (κ2) is 8.25. The molecule has 0 aromatic heterocycles. The van der Waals surface area contributed by atoms with Gasteiger partial charge in [-0.25, -0.2) is 0 Å². The SMILES string of the molecule is CCCNCC(C)CN(C)C(C)CC. The molecule has 2 atom stereocenters. The van der Waals surface area contributed by atoms with E-state index in [2.05, 4.69) is 45.0 Å². The van der Waals surface area contributed by atoms with Gasteiger partial charge in [0.2, 0.25) is 0 Å². The van der Waals surface area contributed by atoms with Gasteiger partial charge in [0, 0.05) is 12.6 Å². The third-order valence-corrected chi connectivity index (χ3v) is 2.86. The lowest BCUT2D eigenvalue weighted by molar-refractivity contribution is 0.217. The molecule has 0 saturated heterocycles. The normalized spacial score (nSPS) is 15.9. The third-order valence-electron chi connectivity index (χ3n) is 2.86. The Morgan fingerprint density at radius 1 is 1.21 bits per heavy atom. The van der Waals surface area contributed by atoms with E-state index in [1.165, 1.54) is 19.4 Å². The number of nitrogens with one attached hydrogen (secondary N) is 1. The Morgan fingerprint density at radius 3 is 2.36 bits per heavy atom. The van der Waals surface area contributed by atoms with Crippen LogP contribution in [0.5, 0.6) is 0 Å². The van der Waals surface area contributed by atoms with E-state index in [1.54, 1.807) is 0 Å². The van der Waals surface area contributed by atoms with Crippen LogP contribution >= 0.6 is 0 Å². The maximum absolute atomic E-state index is 3.47. The first-order chi connectivity index (χ1) is 6.61.